The van der Waals surface area contributed by atoms with Crippen molar-refractivity contribution in [3.8, 4) is 0 Å². The number of carbonyl (C=O) groups is 2. The summed E-state index contributed by atoms with van der Waals surface area (Å²) in [4.78, 5) is 24.7. The van der Waals surface area contributed by atoms with Gasteiger partial charge in [0.1, 0.15) is 0 Å². The predicted molar refractivity (Wildman–Crippen MR) is 114 cm³/mol. The van der Waals surface area contributed by atoms with Crippen molar-refractivity contribution < 1.29 is 14.8 Å². The SMILES string of the molecule is CC(C)(C)c1ccc(C(=O)Cc2ccc3sc(/C=C/C(=O)NO)cc3c2)cc1. The van der Waals surface area contributed by atoms with E-state index >= 15 is 0 Å². The molecular formula is C23H23NO3S. The van der Waals surface area contributed by atoms with Crippen molar-refractivity contribution in [2.75, 3.05) is 0 Å². The summed E-state index contributed by atoms with van der Waals surface area (Å²) in [5.74, 6) is -0.476. The average molecular weight is 394 g/mol. The molecule has 0 radical (unpaired) electrons. The smallest absolute Gasteiger partial charge is 0.267 e. The van der Waals surface area contributed by atoms with Crippen LogP contribution >= 0.6 is 11.3 Å². The Balaban J connectivity index is 1.75. The number of ketones is 1. The van der Waals surface area contributed by atoms with Gasteiger partial charge in [0.15, 0.2) is 5.78 Å². The Morgan fingerprint density at radius 3 is 2.43 bits per heavy atom. The van der Waals surface area contributed by atoms with Gasteiger partial charge in [-0.2, -0.15) is 0 Å². The fraction of sp³-hybridized carbons (Fsp3) is 0.217. The van der Waals surface area contributed by atoms with Crippen LogP contribution in [-0.4, -0.2) is 16.9 Å². The van der Waals surface area contributed by atoms with Crippen LogP contribution in [0.15, 0.2) is 54.6 Å². The minimum Gasteiger partial charge on any atom is -0.294 e. The molecule has 0 saturated heterocycles. The Hall–Kier alpha value is -2.76. The maximum atomic E-state index is 12.7. The first-order chi connectivity index (χ1) is 13.3. The topological polar surface area (TPSA) is 66.4 Å². The summed E-state index contributed by atoms with van der Waals surface area (Å²) in [6, 6.07) is 15.8. The number of hydroxylamine groups is 1. The summed E-state index contributed by atoms with van der Waals surface area (Å²) < 4.78 is 1.08. The molecule has 0 spiro atoms. The molecule has 0 saturated carbocycles. The van der Waals surface area contributed by atoms with E-state index in [4.69, 9.17) is 5.21 Å². The number of benzene rings is 2. The first-order valence-electron chi connectivity index (χ1n) is 9.04. The van der Waals surface area contributed by atoms with Crippen LogP contribution in [0.3, 0.4) is 0 Å². The lowest BCUT2D eigenvalue weighted by Crippen LogP contribution is -2.14. The summed E-state index contributed by atoms with van der Waals surface area (Å²) in [6.45, 7) is 6.46. The summed E-state index contributed by atoms with van der Waals surface area (Å²) in [5.41, 5.74) is 4.52. The summed E-state index contributed by atoms with van der Waals surface area (Å²) in [5, 5.41) is 9.57. The highest BCUT2D eigenvalue weighted by atomic mass is 32.1. The van der Waals surface area contributed by atoms with E-state index in [1.165, 1.54) is 11.6 Å². The molecule has 4 nitrogen and oxygen atoms in total. The molecular weight excluding hydrogens is 370 g/mol. The zero-order valence-corrected chi connectivity index (χ0v) is 17.0. The molecule has 1 heterocycles. The van der Waals surface area contributed by atoms with Gasteiger partial charge in [-0.1, -0.05) is 51.1 Å². The number of hydrogen-bond donors (Lipinski definition) is 2. The van der Waals surface area contributed by atoms with Crippen LogP contribution in [0.25, 0.3) is 16.2 Å². The van der Waals surface area contributed by atoms with Crippen LogP contribution in [-0.2, 0) is 16.6 Å². The van der Waals surface area contributed by atoms with E-state index < -0.39 is 5.91 Å². The van der Waals surface area contributed by atoms with Crippen LogP contribution < -0.4 is 5.48 Å². The minimum atomic E-state index is -0.568. The molecule has 2 aromatic carbocycles. The number of nitrogens with one attached hydrogen (secondary N) is 1. The molecule has 0 unspecified atom stereocenters. The first kappa shape index (κ1) is 20.0. The standard InChI is InChI=1S/C23H23NO3S/c1-23(2,3)18-7-5-16(6-8-18)20(25)13-15-4-10-21-17(12-15)14-19(28-21)9-11-22(26)24-27/h4-12,14,27H,13H2,1-3H3,(H,24,26)/b11-9+. The van der Waals surface area contributed by atoms with Crippen LogP contribution in [0, 0.1) is 0 Å². The van der Waals surface area contributed by atoms with Crippen LogP contribution in [0.1, 0.15) is 47.1 Å². The first-order valence-corrected chi connectivity index (χ1v) is 9.86. The quantitative estimate of drug-likeness (QED) is 0.273. The van der Waals surface area contributed by atoms with E-state index in [0.717, 1.165) is 26.1 Å². The van der Waals surface area contributed by atoms with Gasteiger partial charge in [-0.25, -0.2) is 5.48 Å². The van der Waals surface area contributed by atoms with Gasteiger partial charge in [0, 0.05) is 27.6 Å². The van der Waals surface area contributed by atoms with Gasteiger partial charge in [-0.3, -0.25) is 14.8 Å². The van der Waals surface area contributed by atoms with E-state index in [1.807, 2.05) is 48.5 Å². The molecule has 0 bridgehead atoms. The van der Waals surface area contributed by atoms with Crippen LogP contribution in [0.4, 0.5) is 0 Å². The van der Waals surface area contributed by atoms with Gasteiger partial charge in [0.25, 0.3) is 5.91 Å². The van der Waals surface area contributed by atoms with Crippen molar-refractivity contribution in [1.29, 1.82) is 0 Å². The van der Waals surface area contributed by atoms with E-state index in [1.54, 1.807) is 22.9 Å². The molecule has 2 N–H and O–H groups in total. The third-order valence-corrected chi connectivity index (χ3v) is 5.63. The van der Waals surface area contributed by atoms with Crippen LogP contribution in [0.5, 0.6) is 0 Å². The molecule has 0 aliphatic heterocycles. The normalized spacial score (nSPS) is 11.9. The largest absolute Gasteiger partial charge is 0.294 e. The molecule has 3 aromatic rings. The zero-order valence-electron chi connectivity index (χ0n) is 16.2. The van der Waals surface area contributed by atoms with Gasteiger partial charge < -0.3 is 0 Å². The molecule has 28 heavy (non-hydrogen) atoms. The monoisotopic (exact) mass is 393 g/mol. The van der Waals surface area contributed by atoms with Crippen molar-refractivity contribution in [1.82, 2.24) is 5.48 Å². The predicted octanol–water partition coefficient (Wildman–Crippen LogP) is 5.14. The van der Waals surface area contributed by atoms with Gasteiger partial charge in [0.05, 0.1) is 0 Å². The van der Waals surface area contributed by atoms with Gasteiger partial charge >= 0.3 is 0 Å². The van der Waals surface area contributed by atoms with Gasteiger partial charge in [-0.15, -0.1) is 11.3 Å². The van der Waals surface area contributed by atoms with E-state index in [-0.39, 0.29) is 11.2 Å². The molecule has 1 amide bonds. The highest BCUT2D eigenvalue weighted by Crippen LogP contribution is 2.28. The van der Waals surface area contributed by atoms with Crippen molar-refractivity contribution in [2.24, 2.45) is 0 Å². The maximum absolute atomic E-state index is 12.7. The van der Waals surface area contributed by atoms with E-state index in [0.29, 0.717) is 6.42 Å². The molecule has 5 heteroatoms. The maximum Gasteiger partial charge on any atom is 0.267 e. The Kier molecular flexibility index (Phi) is 5.77. The number of thiophene rings is 1. The Labute approximate surface area is 168 Å². The number of hydrogen-bond acceptors (Lipinski definition) is 4. The van der Waals surface area contributed by atoms with Crippen LogP contribution in [0.2, 0.25) is 0 Å². The van der Waals surface area contributed by atoms with Gasteiger partial charge in [-0.05, 0) is 46.2 Å². The second-order valence-electron chi connectivity index (χ2n) is 7.76. The fourth-order valence-electron chi connectivity index (χ4n) is 2.94. The highest BCUT2D eigenvalue weighted by molar-refractivity contribution is 7.19. The average Bonchev–Trinajstić information content (AvgIpc) is 3.07. The zero-order chi connectivity index (χ0) is 20.3. The summed E-state index contributed by atoms with van der Waals surface area (Å²) in [7, 11) is 0. The van der Waals surface area contributed by atoms with E-state index in [9.17, 15) is 9.59 Å². The molecule has 0 aliphatic rings. The number of rotatable bonds is 5. The number of fused-ring (bicyclic) bond motifs is 1. The molecule has 0 fully saturated rings. The lowest BCUT2D eigenvalue weighted by molar-refractivity contribution is -0.124. The second kappa shape index (κ2) is 8.09. The Morgan fingerprint density at radius 2 is 1.79 bits per heavy atom. The highest BCUT2D eigenvalue weighted by Gasteiger charge is 2.14. The summed E-state index contributed by atoms with van der Waals surface area (Å²) in [6.07, 6.45) is 3.27. The Morgan fingerprint density at radius 1 is 1.07 bits per heavy atom. The molecule has 0 aliphatic carbocycles. The third kappa shape index (κ3) is 4.74. The van der Waals surface area contributed by atoms with Crippen molar-refractivity contribution >= 4 is 39.2 Å². The summed E-state index contributed by atoms with van der Waals surface area (Å²) >= 11 is 1.54. The van der Waals surface area contributed by atoms with E-state index in [2.05, 4.69) is 20.8 Å². The number of amides is 1. The van der Waals surface area contributed by atoms with Crippen molar-refractivity contribution in [2.45, 2.75) is 32.6 Å². The molecule has 1 aromatic heterocycles. The lowest BCUT2D eigenvalue weighted by Gasteiger charge is -2.19. The molecule has 0 atom stereocenters. The van der Waals surface area contributed by atoms with Crippen molar-refractivity contribution in [3.63, 3.8) is 0 Å². The molecule has 144 valence electrons. The van der Waals surface area contributed by atoms with Gasteiger partial charge in [0.2, 0.25) is 0 Å². The minimum absolute atomic E-state index is 0.0650. The van der Waals surface area contributed by atoms with Crippen molar-refractivity contribution in [3.05, 3.63) is 76.2 Å². The molecule has 3 rings (SSSR count). The number of carbonyl (C=O) groups excluding carboxylic acids is 2. The lowest BCUT2D eigenvalue weighted by atomic mass is 9.86. The third-order valence-electron chi connectivity index (χ3n) is 4.55. The second-order valence-corrected chi connectivity index (χ2v) is 8.87. The number of Topliss-reactive ketones (excluding diaryl/α,β-unsaturated/α-hetero) is 1. The Bertz CT molecular complexity index is 1040. The fourth-order valence-corrected chi connectivity index (χ4v) is 3.89.